The first-order valence-corrected chi connectivity index (χ1v) is 13.2. The number of fused-ring (bicyclic) bond motifs is 1. The van der Waals surface area contributed by atoms with E-state index in [0.717, 1.165) is 18.2 Å². The van der Waals surface area contributed by atoms with Crippen molar-refractivity contribution in [3.63, 3.8) is 0 Å². The fourth-order valence-corrected chi connectivity index (χ4v) is 4.88. The van der Waals surface area contributed by atoms with Crippen molar-refractivity contribution in [3.05, 3.63) is 66.9 Å². The molecule has 1 heterocycles. The molecule has 3 aromatic carbocycles. The summed E-state index contributed by atoms with van der Waals surface area (Å²) in [4.78, 5) is 7.69. The van der Waals surface area contributed by atoms with Gasteiger partial charge in [0.15, 0.2) is 0 Å². The molecule has 13 nitrogen and oxygen atoms in total. The van der Waals surface area contributed by atoms with Gasteiger partial charge in [-0.1, -0.05) is 6.07 Å². The minimum absolute atomic E-state index is 0. The molecule has 0 amide bonds. The van der Waals surface area contributed by atoms with Crippen molar-refractivity contribution in [2.24, 2.45) is 0 Å². The minimum Gasteiger partial charge on any atom is -0.744 e. The second-order valence-corrected chi connectivity index (χ2v) is 10.5. The van der Waals surface area contributed by atoms with Crippen molar-refractivity contribution < 1.29 is 97.2 Å². The molecule has 0 radical (unpaired) electrons. The molecule has 0 saturated heterocycles. The molecule has 0 bridgehead atoms. The molecular formula is C20H13Li3N4O9S3. The molecular weight excluding hydrogens is 557 g/mol. The van der Waals surface area contributed by atoms with E-state index >= 15 is 0 Å². The quantitative estimate of drug-likeness (QED) is 0.0631. The van der Waals surface area contributed by atoms with Gasteiger partial charge < -0.3 is 25.0 Å². The predicted molar refractivity (Wildman–Crippen MR) is 123 cm³/mol. The number of nitrogens with zero attached hydrogens (tertiary/aromatic N) is 2. The number of rotatable bonds is 9. The average molecular weight is 570 g/mol. The molecule has 4 aromatic rings. The number of anilines is 4. The molecule has 188 valence electrons. The first-order valence-electron chi connectivity index (χ1n) is 9.63. The van der Waals surface area contributed by atoms with Crippen molar-refractivity contribution in [1.82, 2.24) is 9.97 Å². The summed E-state index contributed by atoms with van der Waals surface area (Å²) in [6.45, 7) is 0. The Bertz CT molecular complexity index is 1650. The van der Waals surface area contributed by atoms with Crippen molar-refractivity contribution >= 4 is 66.2 Å². The smallest absolute Gasteiger partial charge is 0.744 e. The van der Waals surface area contributed by atoms with Gasteiger partial charge >= 0.3 is 56.6 Å². The van der Waals surface area contributed by atoms with E-state index in [-0.39, 0.29) is 77.7 Å². The van der Waals surface area contributed by atoms with Gasteiger partial charge in [-0.3, -0.25) is 5.04 Å². The monoisotopic (exact) mass is 570 g/mol. The molecule has 0 fully saturated rings. The third-order valence-electron chi connectivity index (χ3n) is 4.64. The van der Waals surface area contributed by atoms with Gasteiger partial charge in [-0.25, -0.2) is 21.8 Å². The van der Waals surface area contributed by atoms with Crippen molar-refractivity contribution in [3.8, 4) is 0 Å². The molecule has 0 atom stereocenters. The fourth-order valence-electron chi connectivity index (χ4n) is 3.16. The summed E-state index contributed by atoms with van der Waals surface area (Å²) >= 11 is 0.438. The van der Waals surface area contributed by atoms with Crippen molar-refractivity contribution in [2.45, 2.75) is 14.7 Å². The van der Waals surface area contributed by atoms with Gasteiger partial charge in [0.1, 0.15) is 26.1 Å². The van der Waals surface area contributed by atoms with E-state index in [4.69, 9.17) is 0 Å². The van der Waals surface area contributed by atoms with Gasteiger partial charge in [0.2, 0.25) is 5.95 Å². The van der Waals surface area contributed by atoms with E-state index in [2.05, 4.69) is 30.0 Å². The molecule has 19 heteroatoms. The molecule has 0 saturated carbocycles. The Balaban J connectivity index is 0.00000253. The zero-order valence-corrected chi connectivity index (χ0v) is 23.1. The molecule has 0 unspecified atom stereocenters. The molecule has 0 aliphatic heterocycles. The summed E-state index contributed by atoms with van der Waals surface area (Å²) in [6, 6.07) is 13.7. The molecule has 0 aliphatic carbocycles. The van der Waals surface area contributed by atoms with Crippen LogP contribution in [-0.4, -0.2) is 35.9 Å². The fraction of sp³-hybridized carbons (Fsp3) is 0. The Labute approximate surface area is 263 Å². The number of aromatic nitrogens is 2. The first kappa shape index (κ1) is 35.5. The number of hydrogen-bond acceptors (Lipinski definition) is 14. The predicted octanol–water partition coefficient (Wildman–Crippen LogP) is -6.83. The maximum Gasteiger partial charge on any atom is 1.00 e. The molecule has 2 N–H and O–H groups in total. The summed E-state index contributed by atoms with van der Waals surface area (Å²) in [5.41, 5.74) is 0.917. The van der Waals surface area contributed by atoms with E-state index < -0.39 is 25.1 Å². The summed E-state index contributed by atoms with van der Waals surface area (Å²) < 4.78 is 72.6. The van der Waals surface area contributed by atoms with Crippen LogP contribution in [0, 0.1) is 0 Å². The second kappa shape index (κ2) is 14.9. The average Bonchev–Trinajstić information content (AvgIpc) is 2.81. The maximum atomic E-state index is 11.7. The van der Waals surface area contributed by atoms with Crippen LogP contribution in [0.5, 0.6) is 0 Å². The third-order valence-corrected chi connectivity index (χ3v) is 6.92. The van der Waals surface area contributed by atoms with Crippen LogP contribution in [0.3, 0.4) is 0 Å². The van der Waals surface area contributed by atoms with Crippen molar-refractivity contribution in [1.29, 1.82) is 0 Å². The van der Waals surface area contributed by atoms with Crippen LogP contribution in [0.1, 0.15) is 0 Å². The summed E-state index contributed by atoms with van der Waals surface area (Å²) in [6.07, 6.45) is 1.45. The summed E-state index contributed by atoms with van der Waals surface area (Å²) in [5, 5.41) is 19.8. The maximum absolute atomic E-state index is 11.7. The van der Waals surface area contributed by atoms with E-state index in [1.807, 2.05) is 0 Å². The largest absolute Gasteiger partial charge is 1.00 e. The zero-order chi connectivity index (χ0) is 25.9. The standard InChI is InChI=1S/C20H16N4O9S3.3Li/c25-32-33-34-15-10-12-9-14(3-6-17(12)18(11-15)36(29,30)31)23-20-21-8-7-19(24-20)22-13-1-4-16(5-2-13)35(26,27)28;;;/h1-11,25H,(H,26,27,28)(H,29,30,31)(H2,21,22,23,24);;;/q;3*+1/p-3. The van der Waals surface area contributed by atoms with Crippen molar-refractivity contribution in [2.75, 3.05) is 10.6 Å². The Hall–Kier alpha value is -1.56. The molecule has 4 rings (SSSR count). The SMILES string of the molecule is O=S(=O)([O-])c1ccc(Nc2ccnc(Nc3ccc4c(S(=O)(=O)[O-])cc(SOO[O-])cc4c3)n2)cc1.[Li+].[Li+].[Li+]. The second-order valence-electron chi connectivity index (χ2n) is 7.02. The van der Waals surface area contributed by atoms with Gasteiger partial charge in [-0.15, -0.1) is 0 Å². The van der Waals surface area contributed by atoms with E-state index in [9.17, 15) is 31.2 Å². The topological polar surface area (TPSA) is 206 Å². The molecule has 0 aliphatic rings. The van der Waals surface area contributed by atoms with Crippen LogP contribution in [0.15, 0.2) is 81.5 Å². The van der Waals surface area contributed by atoms with E-state index in [1.54, 1.807) is 6.07 Å². The number of hydrogen-bond donors (Lipinski definition) is 2. The first-order chi connectivity index (χ1) is 17.0. The Morgan fingerprint density at radius 1 is 0.795 bits per heavy atom. The minimum atomic E-state index is -4.84. The number of benzene rings is 3. The van der Waals surface area contributed by atoms with Gasteiger partial charge in [-0.05, 0) is 65.4 Å². The summed E-state index contributed by atoms with van der Waals surface area (Å²) in [5.74, 6) is 0.502. The third kappa shape index (κ3) is 9.50. The molecule has 0 spiro atoms. The van der Waals surface area contributed by atoms with Crippen LogP contribution < -0.4 is 72.5 Å². The van der Waals surface area contributed by atoms with Gasteiger partial charge in [-0.2, -0.15) is 9.32 Å². The van der Waals surface area contributed by atoms with Crippen LogP contribution in [0.4, 0.5) is 23.1 Å². The molecule has 39 heavy (non-hydrogen) atoms. The van der Waals surface area contributed by atoms with Crippen LogP contribution in [0.25, 0.3) is 10.8 Å². The van der Waals surface area contributed by atoms with Gasteiger partial charge in [0.25, 0.3) is 0 Å². The van der Waals surface area contributed by atoms with Crippen LogP contribution in [0.2, 0.25) is 0 Å². The zero-order valence-electron chi connectivity index (χ0n) is 20.6. The van der Waals surface area contributed by atoms with Crippen LogP contribution in [-0.2, 0) is 29.6 Å². The van der Waals surface area contributed by atoms with E-state index in [1.165, 1.54) is 42.6 Å². The van der Waals surface area contributed by atoms with E-state index in [0.29, 0.717) is 34.6 Å². The Morgan fingerprint density at radius 2 is 1.46 bits per heavy atom. The van der Waals surface area contributed by atoms with Crippen LogP contribution >= 0.6 is 12.0 Å². The summed E-state index contributed by atoms with van der Waals surface area (Å²) in [7, 11) is -9.40. The number of nitrogens with one attached hydrogen (secondary N) is 2. The normalized spacial score (nSPS) is 11.1. The molecule has 1 aromatic heterocycles. The Kier molecular flexibility index (Phi) is 13.5. The Morgan fingerprint density at radius 3 is 2.08 bits per heavy atom. The van der Waals surface area contributed by atoms with Gasteiger partial charge in [0.05, 0.1) is 21.8 Å². The van der Waals surface area contributed by atoms with Gasteiger partial charge in [0, 0.05) is 22.5 Å².